The van der Waals surface area contributed by atoms with E-state index in [2.05, 4.69) is 6.92 Å². The number of benzene rings is 2. The van der Waals surface area contributed by atoms with Gasteiger partial charge in [0.15, 0.2) is 0 Å². The van der Waals surface area contributed by atoms with Crippen LogP contribution in [0.2, 0.25) is 0 Å². The highest BCUT2D eigenvalue weighted by molar-refractivity contribution is 5.89. The van der Waals surface area contributed by atoms with Crippen LogP contribution in [0.1, 0.15) is 45.7 Å². The van der Waals surface area contributed by atoms with Crippen molar-refractivity contribution in [2.75, 3.05) is 13.2 Å². The fourth-order valence-corrected chi connectivity index (χ4v) is 2.24. The third-order valence-electron chi connectivity index (χ3n) is 3.98. The molecule has 2 aromatic rings. The molecule has 0 heterocycles. The van der Waals surface area contributed by atoms with Crippen molar-refractivity contribution in [3.8, 4) is 0 Å². The zero-order chi connectivity index (χ0) is 21.1. The number of rotatable bonds is 11. The smallest absolute Gasteiger partial charge is 0.373 e. The van der Waals surface area contributed by atoms with E-state index in [4.69, 9.17) is 24.3 Å². The maximum atomic E-state index is 12.1. The molecule has 0 aliphatic rings. The molecular weight excluding hydrogens is 376 g/mol. The van der Waals surface area contributed by atoms with Crippen molar-refractivity contribution in [1.29, 1.82) is 0 Å². The minimum Gasteiger partial charge on any atom is -0.375 e. The average molecular weight is 400 g/mol. The number of carbonyl (C=O) groups excluding carboxylic acids is 2. The van der Waals surface area contributed by atoms with E-state index in [-0.39, 0.29) is 19.5 Å². The van der Waals surface area contributed by atoms with Gasteiger partial charge in [-0.3, -0.25) is 9.78 Å². The highest BCUT2D eigenvalue weighted by atomic mass is 17.3. The highest BCUT2D eigenvalue weighted by Crippen LogP contribution is 2.13. The molecule has 0 bridgehead atoms. The van der Waals surface area contributed by atoms with E-state index in [1.54, 1.807) is 24.3 Å². The fraction of sp³-hybridized carbons (Fsp3) is 0.273. The molecular formula is C22H24O7. The summed E-state index contributed by atoms with van der Waals surface area (Å²) in [4.78, 5) is 43.3. The summed E-state index contributed by atoms with van der Waals surface area (Å²) < 4.78 is 5.05. The lowest BCUT2D eigenvalue weighted by Crippen LogP contribution is -2.20. The zero-order valence-corrected chi connectivity index (χ0v) is 16.5. The second-order valence-electron chi connectivity index (χ2n) is 5.93. The Labute approximate surface area is 170 Å². The molecule has 0 aromatic heterocycles. The number of carbonyl (C=O) groups is 2. The van der Waals surface area contributed by atoms with Crippen LogP contribution < -0.4 is 0 Å². The van der Waals surface area contributed by atoms with E-state index in [9.17, 15) is 9.59 Å². The van der Waals surface area contributed by atoms with Gasteiger partial charge >= 0.3 is 18.2 Å². The van der Waals surface area contributed by atoms with Gasteiger partial charge in [0, 0.05) is 6.61 Å². The molecule has 0 aliphatic carbocycles. The van der Waals surface area contributed by atoms with Crippen molar-refractivity contribution in [1.82, 2.24) is 0 Å². The zero-order valence-electron chi connectivity index (χ0n) is 16.5. The average Bonchev–Trinajstić information content (AvgIpc) is 2.78. The van der Waals surface area contributed by atoms with Gasteiger partial charge in [0.2, 0.25) is 0 Å². The summed E-state index contributed by atoms with van der Waals surface area (Å²) in [7, 11) is 0. The second-order valence-corrected chi connectivity index (χ2v) is 5.93. The molecule has 0 N–H and O–H groups in total. The lowest BCUT2D eigenvalue weighted by Gasteiger charge is -2.13. The standard InChI is InChI=1S/C22H24O7/c1-4-16-7-11-18(12-8-16)21(23)28-26-20(15-25-6-3)27-29-22(24)19-13-9-17(5-2)10-14-19/h7-14H,3-6,15H2,1-2H3. The van der Waals surface area contributed by atoms with Gasteiger partial charge in [-0.2, -0.15) is 0 Å². The monoisotopic (exact) mass is 400 g/mol. The Morgan fingerprint density at radius 1 is 0.724 bits per heavy atom. The molecule has 29 heavy (non-hydrogen) atoms. The Kier molecular flexibility index (Phi) is 9.30. The van der Waals surface area contributed by atoms with Crippen LogP contribution in [0, 0.1) is 13.2 Å². The van der Waals surface area contributed by atoms with Gasteiger partial charge in [-0.05, 0) is 55.2 Å². The van der Waals surface area contributed by atoms with Gasteiger partial charge < -0.3 is 4.74 Å². The summed E-state index contributed by atoms with van der Waals surface area (Å²) in [6.45, 7) is 7.40. The predicted octanol–water partition coefficient (Wildman–Crippen LogP) is 4.03. The molecule has 0 saturated heterocycles. The van der Waals surface area contributed by atoms with Crippen molar-refractivity contribution in [3.63, 3.8) is 0 Å². The predicted molar refractivity (Wildman–Crippen MR) is 104 cm³/mol. The lowest BCUT2D eigenvalue weighted by molar-refractivity contribution is -0.368. The SMILES string of the molecule is [CH2]COC[C](OOC(=O)c1ccc(CC)cc1)OOC(=O)c1ccc(CC)cc1. The van der Waals surface area contributed by atoms with E-state index < -0.39 is 11.9 Å². The molecule has 0 aliphatic heterocycles. The van der Waals surface area contributed by atoms with Gasteiger partial charge in [-0.15, -0.1) is 9.78 Å². The first-order chi connectivity index (χ1) is 14.1. The Bertz CT molecular complexity index is 705. The van der Waals surface area contributed by atoms with Gasteiger partial charge in [0.05, 0.1) is 11.1 Å². The molecule has 0 fully saturated rings. The second kappa shape index (κ2) is 12.0. The summed E-state index contributed by atoms with van der Waals surface area (Å²) in [5.74, 6) is -1.46. The molecule has 2 rings (SSSR count). The fourth-order valence-electron chi connectivity index (χ4n) is 2.24. The molecule has 2 aromatic carbocycles. The first-order valence-electron chi connectivity index (χ1n) is 9.25. The first kappa shape index (κ1) is 22.5. The van der Waals surface area contributed by atoms with Crippen LogP contribution in [0.3, 0.4) is 0 Å². The van der Waals surface area contributed by atoms with E-state index in [0.29, 0.717) is 11.1 Å². The van der Waals surface area contributed by atoms with Crippen LogP contribution in [0.4, 0.5) is 0 Å². The minimum absolute atomic E-state index is 0.106. The summed E-state index contributed by atoms with van der Waals surface area (Å²) in [5.41, 5.74) is 2.77. The van der Waals surface area contributed by atoms with Gasteiger partial charge in [-0.25, -0.2) is 9.59 Å². The molecule has 0 atom stereocenters. The Morgan fingerprint density at radius 2 is 1.14 bits per heavy atom. The molecule has 7 heteroatoms. The van der Waals surface area contributed by atoms with Crippen LogP contribution in [-0.2, 0) is 37.1 Å². The van der Waals surface area contributed by atoms with Gasteiger partial charge in [0.25, 0.3) is 0 Å². The largest absolute Gasteiger partial charge is 0.375 e. The van der Waals surface area contributed by atoms with Crippen LogP contribution in [0.5, 0.6) is 0 Å². The Balaban J connectivity index is 1.88. The minimum atomic E-state index is -0.732. The van der Waals surface area contributed by atoms with Crippen molar-refractivity contribution in [3.05, 3.63) is 84.0 Å². The van der Waals surface area contributed by atoms with Crippen molar-refractivity contribution in [2.24, 2.45) is 0 Å². The summed E-state index contributed by atoms with van der Waals surface area (Å²) >= 11 is 0. The quantitative estimate of drug-likeness (QED) is 0.416. The third-order valence-corrected chi connectivity index (χ3v) is 3.98. The summed E-state index contributed by atoms with van der Waals surface area (Å²) in [5, 5.41) is 0. The number of hydrogen-bond donors (Lipinski definition) is 0. The van der Waals surface area contributed by atoms with E-state index >= 15 is 0 Å². The molecule has 2 radical (unpaired) electrons. The topological polar surface area (TPSA) is 80.3 Å². The van der Waals surface area contributed by atoms with Crippen molar-refractivity contribution >= 4 is 11.9 Å². The van der Waals surface area contributed by atoms with E-state index in [0.717, 1.165) is 24.0 Å². The summed E-state index contributed by atoms with van der Waals surface area (Å²) in [6.07, 6.45) is 1.35. The van der Waals surface area contributed by atoms with Crippen LogP contribution >= 0.6 is 0 Å². The molecule has 7 nitrogen and oxygen atoms in total. The number of hydrogen-bond acceptors (Lipinski definition) is 7. The maximum Gasteiger partial charge on any atom is 0.373 e. The van der Waals surface area contributed by atoms with E-state index in [1.165, 1.54) is 0 Å². The lowest BCUT2D eigenvalue weighted by atomic mass is 10.1. The van der Waals surface area contributed by atoms with Crippen molar-refractivity contribution in [2.45, 2.75) is 26.7 Å². The van der Waals surface area contributed by atoms with Crippen LogP contribution in [0.15, 0.2) is 48.5 Å². The first-order valence-corrected chi connectivity index (χ1v) is 9.25. The molecule has 0 unspecified atom stereocenters. The van der Waals surface area contributed by atoms with Crippen LogP contribution in [-0.4, -0.2) is 25.2 Å². The molecule has 0 saturated carbocycles. The Morgan fingerprint density at radius 3 is 1.48 bits per heavy atom. The van der Waals surface area contributed by atoms with Crippen LogP contribution in [0.25, 0.3) is 0 Å². The molecule has 0 spiro atoms. The third kappa shape index (κ3) is 7.30. The molecule has 154 valence electrons. The van der Waals surface area contributed by atoms with Crippen molar-refractivity contribution < 1.29 is 33.9 Å². The maximum absolute atomic E-state index is 12.1. The summed E-state index contributed by atoms with van der Waals surface area (Å²) in [6, 6.07) is 13.7. The number of ether oxygens (including phenoxy) is 1. The van der Waals surface area contributed by atoms with E-state index in [1.807, 2.05) is 38.1 Å². The molecule has 0 amide bonds. The van der Waals surface area contributed by atoms with Gasteiger partial charge in [-0.1, -0.05) is 38.1 Å². The highest BCUT2D eigenvalue weighted by Gasteiger charge is 2.22. The number of aryl methyl sites for hydroxylation is 2. The normalized spacial score (nSPS) is 10.8. The Hall–Kier alpha value is -2.74. The van der Waals surface area contributed by atoms with Gasteiger partial charge in [0.1, 0.15) is 6.61 Å².